The summed E-state index contributed by atoms with van der Waals surface area (Å²) in [5, 5.41) is 0. The quantitative estimate of drug-likeness (QED) is 0.504. The fourth-order valence-electron chi connectivity index (χ4n) is 8.14. The molecule has 0 aromatic rings. The number of nitrogens with two attached hydrogens (primary N) is 1. The Labute approximate surface area is 166 Å². The number of hydrogen-bond acceptors (Lipinski definition) is 2. The molecule has 0 aromatic carbocycles. The second-order valence-electron chi connectivity index (χ2n) is 11.0. The van der Waals surface area contributed by atoms with E-state index >= 15 is 0 Å². The van der Waals surface area contributed by atoms with Crippen LogP contribution >= 0.6 is 0 Å². The lowest BCUT2D eigenvalue weighted by atomic mass is 9.42. The van der Waals surface area contributed by atoms with E-state index in [1.165, 1.54) is 38.5 Å². The molecule has 0 spiro atoms. The zero-order valence-electron chi connectivity index (χ0n) is 17.9. The lowest BCUT2D eigenvalue weighted by molar-refractivity contribution is -0.148. The summed E-state index contributed by atoms with van der Waals surface area (Å²) in [6.45, 7) is 8.27. The maximum atomic E-state index is 12.6. The Hall–Kier alpha value is -0.630. The van der Waals surface area contributed by atoms with E-state index in [9.17, 15) is 4.79 Å². The summed E-state index contributed by atoms with van der Waals surface area (Å²) in [6, 6.07) is 0. The molecule has 2 N–H and O–H groups in total. The Morgan fingerprint density at radius 1 is 1.11 bits per heavy atom. The van der Waals surface area contributed by atoms with Crippen LogP contribution in [0.5, 0.6) is 0 Å². The van der Waals surface area contributed by atoms with Crippen LogP contribution in [0.4, 0.5) is 0 Å². The lowest BCUT2D eigenvalue weighted by Gasteiger charge is -2.62. The fraction of sp³-hybridized carbons (Fsp3) is 0.880. The van der Waals surface area contributed by atoms with Crippen molar-refractivity contribution in [2.75, 3.05) is 6.54 Å². The normalized spacial score (nSPS) is 49.7. The third-order valence-corrected chi connectivity index (χ3v) is 9.76. The molecule has 27 heavy (non-hydrogen) atoms. The zero-order chi connectivity index (χ0) is 19.2. The summed E-state index contributed by atoms with van der Waals surface area (Å²) in [7, 11) is 0. The second-order valence-corrected chi connectivity index (χ2v) is 11.0. The van der Waals surface area contributed by atoms with Crippen molar-refractivity contribution in [3.63, 3.8) is 0 Å². The van der Waals surface area contributed by atoms with Gasteiger partial charge in [-0.3, -0.25) is 4.79 Å². The molecule has 0 amide bonds. The van der Waals surface area contributed by atoms with E-state index in [-0.39, 0.29) is 5.41 Å². The molecule has 0 aliphatic heterocycles. The second kappa shape index (κ2) is 7.32. The van der Waals surface area contributed by atoms with Crippen LogP contribution in [0.3, 0.4) is 0 Å². The number of unbranched alkanes of at least 4 members (excludes halogenated alkanes) is 1. The van der Waals surface area contributed by atoms with Gasteiger partial charge in [0.05, 0.1) is 0 Å². The summed E-state index contributed by atoms with van der Waals surface area (Å²) in [5.74, 6) is 5.37. The van der Waals surface area contributed by atoms with E-state index in [0.717, 1.165) is 61.8 Å². The van der Waals surface area contributed by atoms with Crippen LogP contribution in [-0.4, -0.2) is 12.3 Å². The molecule has 1 unspecified atom stereocenters. The van der Waals surface area contributed by atoms with Gasteiger partial charge in [-0.05, 0) is 105 Å². The van der Waals surface area contributed by atoms with Gasteiger partial charge >= 0.3 is 0 Å². The van der Waals surface area contributed by atoms with Crippen LogP contribution in [0.2, 0.25) is 0 Å². The van der Waals surface area contributed by atoms with Gasteiger partial charge in [-0.15, -0.1) is 0 Å². The number of ketones is 1. The third-order valence-electron chi connectivity index (χ3n) is 9.76. The average molecular weight is 372 g/mol. The van der Waals surface area contributed by atoms with E-state index in [0.29, 0.717) is 17.1 Å². The molecule has 0 heterocycles. The van der Waals surface area contributed by atoms with Crippen molar-refractivity contribution in [1.29, 1.82) is 0 Å². The summed E-state index contributed by atoms with van der Waals surface area (Å²) in [6.07, 6.45) is 17.2. The molecule has 4 aliphatic rings. The monoisotopic (exact) mass is 371 g/mol. The van der Waals surface area contributed by atoms with Crippen molar-refractivity contribution in [1.82, 2.24) is 0 Å². The van der Waals surface area contributed by atoms with Gasteiger partial charge in [0.2, 0.25) is 0 Å². The van der Waals surface area contributed by atoms with Crippen molar-refractivity contribution >= 4 is 5.78 Å². The number of carbonyl (C=O) groups excluding carboxylic acids is 1. The van der Waals surface area contributed by atoms with Crippen LogP contribution in [-0.2, 0) is 4.79 Å². The topological polar surface area (TPSA) is 43.1 Å². The first-order chi connectivity index (χ1) is 12.9. The van der Waals surface area contributed by atoms with Gasteiger partial charge in [0.25, 0.3) is 0 Å². The maximum absolute atomic E-state index is 12.6. The van der Waals surface area contributed by atoms with Gasteiger partial charge in [0, 0.05) is 11.8 Å². The van der Waals surface area contributed by atoms with Crippen LogP contribution in [0.1, 0.15) is 85.0 Å². The van der Waals surface area contributed by atoms with E-state index < -0.39 is 0 Å². The smallest absolute Gasteiger partial charge is 0.139 e. The predicted molar refractivity (Wildman–Crippen MR) is 112 cm³/mol. The van der Waals surface area contributed by atoms with Crippen LogP contribution in [0, 0.1) is 46.3 Å². The third kappa shape index (κ3) is 3.15. The molecule has 8 atom stereocenters. The number of allylic oxidation sites excluding steroid dienone is 2. The largest absolute Gasteiger partial charge is 0.330 e. The standard InChI is InChI=1S/C25H41NO/c1-17-15-19-16-18(7-5-4-6-14-26)10-12-24(19,2)21-11-13-25(3)20(23(17)21)8-9-22(25)27/h5,7,17-21,23H,4,6,8-16,26H2,1-3H3/t17-,18-,19?,20+,21+,23+,24+,25+/m1/s1. The highest BCUT2D eigenvalue weighted by atomic mass is 16.1. The molecule has 2 nitrogen and oxygen atoms in total. The summed E-state index contributed by atoms with van der Waals surface area (Å²) in [4.78, 5) is 12.6. The number of Topliss-reactive ketones (excluding diaryl/α,β-unsaturated/α-hetero) is 1. The average Bonchev–Trinajstić information content (AvgIpc) is 2.95. The van der Waals surface area contributed by atoms with Crippen molar-refractivity contribution < 1.29 is 4.79 Å². The Morgan fingerprint density at radius 3 is 2.70 bits per heavy atom. The first kappa shape index (κ1) is 19.7. The Morgan fingerprint density at radius 2 is 1.93 bits per heavy atom. The highest BCUT2D eigenvalue weighted by Crippen LogP contribution is 2.67. The minimum atomic E-state index is 0.0154. The maximum Gasteiger partial charge on any atom is 0.139 e. The van der Waals surface area contributed by atoms with E-state index in [1.54, 1.807) is 0 Å². The van der Waals surface area contributed by atoms with E-state index in [2.05, 4.69) is 32.9 Å². The molecule has 4 aliphatic carbocycles. The molecule has 0 bridgehead atoms. The Bertz CT molecular complexity index is 597. The number of carbonyl (C=O) groups is 1. The Balaban J connectivity index is 1.50. The molecule has 4 saturated carbocycles. The minimum absolute atomic E-state index is 0.0154. The molecule has 2 heteroatoms. The summed E-state index contributed by atoms with van der Waals surface area (Å²) < 4.78 is 0. The SMILES string of the molecule is C[C@@H]1CC2C[C@H](C=CCCCN)CC[C@]2(C)[C@H]2CC[C@]3(C)C(=O)CC[C@H]3[C@H]12. The summed E-state index contributed by atoms with van der Waals surface area (Å²) >= 11 is 0. The molecule has 0 radical (unpaired) electrons. The molecule has 0 saturated heterocycles. The van der Waals surface area contributed by atoms with Crippen molar-refractivity contribution in [2.24, 2.45) is 52.1 Å². The zero-order valence-corrected chi connectivity index (χ0v) is 17.9. The highest BCUT2D eigenvalue weighted by Gasteiger charge is 2.61. The van der Waals surface area contributed by atoms with Crippen molar-refractivity contribution in [3.05, 3.63) is 12.2 Å². The van der Waals surface area contributed by atoms with Gasteiger partial charge in [-0.1, -0.05) is 32.9 Å². The van der Waals surface area contributed by atoms with Crippen molar-refractivity contribution in [3.8, 4) is 0 Å². The molecule has 4 rings (SSSR count). The van der Waals surface area contributed by atoms with Crippen LogP contribution in [0.15, 0.2) is 12.2 Å². The van der Waals surface area contributed by atoms with Gasteiger partial charge in [-0.25, -0.2) is 0 Å². The van der Waals surface area contributed by atoms with Crippen LogP contribution in [0.25, 0.3) is 0 Å². The van der Waals surface area contributed by atoms with Gasteiger partial charge in [0.15, 0.2) is 0 Å². The predicted octanol–water partition coefficient (Wildman–Crippen LogP) is 5.76. The van der Waals surface area contributed by atoms with Gasteiger partial charge in [0.1, 0.15) is 5.78 Å². The molecular weight excluding hydrogens is 330 g/mol. The number of hydrogen-bond donors (Lipinski definition) is 1. The minimum Gasteiger partial charge on any atom is -0.330 e. The molecular formula is C25H41NO. The Kier molecular flexibility index (Phi) is 5.33. The first-order valence-corrected chi connectivity index (χ1v) is 11.8. The number of rotatable bonds is 4. The van der Waals surface area contributed by atoms with Gasteiger partial charge in [-0.2, -0.15) is 0 Å². The highest BCUT2D eigenvalue weighted by molar-refractivity contribution is 5.87. The van der Waals surface area contributed by atoms with Gasteiger partial charge < -0.3 is 5.73 Å². The van der Waals surface area contributed by atoms with Crippen molar-refractivity contribution in [2.45, 2.75) is 85.0 Å². The first-order valence-electron chi connectivity index (χ1n) is 11.8. The molecule has 152 valence electrons. The van der Waals surface area contributed by atoms with E-state index in [1.807, 2.05) is 0 Å². The summed E-state index contributed by atoms with van der Waals surface area (Å²) in [5.41, 5.74) is 6.16. The number of fused-ring (bicyclic) bond motifs is 5. The lowest BCUT2D eigenvalue weighted by Crippen LogP contribution is -2.56. The van der Waals surface area contributed by atoms with E-state index in [4.69, 9.17) is 5.73 Å². The van der Waals surface area contributed by atoms with Crippen LogP contribution < -0.4 is 5.73 Å². The molecule has 0 aromatic heterocycles. The molecule has 4 fully saturated rings. The fourth-order valence-corrected chi connectivity index (χ4v) is 8.14.